The van der Waals surface area contributed by atoms with E-state index >= 15 is 0 Å². The van der Waals surface area contributed by atoms with E-state index in [1.54, 1.807) is 0 Å². The number of aryl methyl sites for hydroxylation is 2. The van der Waals surface area contributed by atoms with E-state index in [9.17, 15) is 9.59 Å². The van der Waals surface area contributed by atoms with Gasteiger partial charge in [0.1, 0.15) is 6.04 Å². The molecule has 0 heterocycles. The van der Waals surface area contributed by atoms with Crippen LogP contribution in [0.1, 0.15) is 24.0 Å². The lowest BCUT2D eigenvalue weighted by atomic mass is 10.1. The SMILES string of the molecule is Cc1ccc(CCC(=O)N[C@@H](CCO)C(=O)O)cc1. The Kier molecular flexibility index (Phi) is 6.02. The first kappa shape index (κ1) is 15.2. The number of nitrogens with one attached hydrogen (secondary N) is 1. The molecule has 0 aliphatic rings. The molecule has 1 aromatic rings. The number of carbonyl (C=O) groups excluding carboxylic acids is 1. The van der Waals surface area contributed by atoms with Gasteiger partial charge in [0.05, 0.1) is 0 Å². The van der Waals surface area contributed by atoms with E-state index in [0.717, 1.165) is 11.1 Å². The van der Waals surface area contributed by atoms with Gasteiger partial charge < -0.3 is 15.5 Å². The molecular weight excluding hydrogens is 246 g/mol. The van der Waals surface area contributed by atoms with Gasteiger partial charge in [-0.1, -0.05) is 29.8 Å². The standard InChI is InChI=1S/C14H19NO4/c1-10-2-4-11(5-3-10)6-7-13(17)15-12(8-9-16)14(18)19/h2-5,12,16H,6-9H2,1H3,(H,15,17)(H,18,19)/t12-/m0/s1. The highest BCUT2D eigenvalue weighted by molar-refractivity contribution is 5.83. The van der Waals surface area contributed by atoms with E-state index in [2.05, 4.69) is 5.32 Å². The molecule has 5 nitrogen and oxygen atoms in total. The summed E-state index contributed by atoms with van der Waals surface area (Å²) in [6.07, 6.45) is 0.821. The second kappa shape index (κ2) is 7.53. The van der Waals surface area contributed by atoms with Gasteiger partial charge in [0, 0.05) is 19.4 Å². The van der Waals surface area contributed by atoms with Crippen molar-refractivity contribution in [3.05, 3.63) is 35.4 Å². The van der Waals surface area contributed by atoms with Crippen LogP contribution in [0, 0.1) is 6.92 Å². The zero-order valence-electron chi connectivity index (χ0n) is 10.9. The Morgan fingerprint density at radius 3 is 2.42 bits per heavy atom. The van der Waals surface area contributed by atoms with Crippen LogP contribution in [0.2, 0.25) is 0 Å². The Morgan fingerprint density at radius 1 is 1.26 bits per heavy atom. The predicted molar refractivity (Wildman–Crippen MR) is 70.8 cm³/mol. The van der Waals surface area contributed by atoms with Gasteiger partial charge in [-0.15, -0.1) is 0 Å². The molecule has 0 bridgehead atoms. The van der Waals surface area contributed by atoms with Gasteiger partial charge in [0.2, 0.25) is 5.91 Å². The maximum atomic E-state index is 11.6. The number of aliphatic carboxylic acids is 1. The zero-order chi connectivity index (χ0) is 14.3. The van der Waals surface area contributed by atoms with Crippen molar-refractivity contribution in [1.29, 1.82) is 0 Å². The third-order valence-electron chi connectivity index (χ3n) is 2.81. The second-order valence-electron chi connectivity index (χ2n) is 4.46. The maximum absolute atomic E-state index is 11.6. The molecule has 1 amide bonds. The highest BCUT2D eigenvalue weighted by atomic mass is 16.4. The van der Waals surface area contributed by atoms with Gasteiger partial charge >= 0.3 is 5.97 Å². The summed E-state index contributed by atoms with van der Waals surface area (Å²) in [7, 11) is 0. The lowest BCUT2D eigenvalue weighted by Gasteiger charge is -2.13. The van der Waals surface area contributed by atoms with Crippen LogP contribution >= 0.6 is 0 Å². The largest absolute Gasteiger partial charge is 0.480 e. The molecule has 0 unspecified atom stereocenters. The molecule has 0 radical (unpaired) electrons. The maximum Gasteiger partial charge on any atom is 0.326 e. The Morgan fingerprint density at radius 2 is 1.89 bits per heavy atom. The molecule has 0 spiro atoms. The monoisotopic (exact) mass is 265 g/mol. The first-order chi connectivity index (χ1) is 9.02. The van der Waals surface area contributed by atoms with Crippen LogP contribution in [0.3, 0.4) is 0 Å². The number of aliphatic hydroxyl groups is 1. The van der Waals surface area contributed by atoms with Gasteiger partial charge in [-0.2, -0.15) is 0 Å². The Labute approximate surface area is 112 Å². The molecule has 3 N–H and O–H groups in total. The fraction of sp³-hybridized carbons (Fsp3) is 0.429. The quantitative estimate of drug-likeness (QED) is 0.683. The third-order valence-corrected chi connectivity index (χ3v) is 2.81. The summed E-state index contributed by atoms with van der Waals surface area (Å²) in [5, 5.41) is 20.0. The van der Waals surface area contributed by atoms with Crippen molar-refractivity contribution in [1.82, 2.24) is 5.32 Å². The Bertz CT molecular complexity index is 428. The van der Waals surface area contributed by atoms with Crippen LogP contribution in [-0.2, 0) is 16.0 Å². The number of amides is 1. The summed E-state index contributed by atoms with van der Waals surface area (Å²) in [5.74, 6) is -1.45. The molecule has 1 aromatic carbocycles. The van der Waals surface area contributed by atoms with Crippen LogP contribution < -0.4 is 5.32 Å². The molecule has 0 aliphatic carbocycles. The zero-order valence-corrected chi connectivity index (χ0v) is 10.9. The summed E-state index contributed by atoms with van der Waals surface area (Å²) in [6, 6.07) is 6.82. The molecule has 0 saturated carbocycles. The van der Waals surface area contributed by atoms with Gasteiger partial charge in [0.15, 0.2) is 0 Å². The van der Waals surface area contributed by atoms with E-state index < -0.39 is 12.0 Å². The van der Waals surface area contributed by atoms with E-state index in [1.165, 1.54) is 0 Å². The van der Waals surface area contributed by atoms with Gasteiger partial charge in [-0.3, -0.25) is 4.79 Å². The van der Waals surface area contributed by atoms with Crippen molar-refractivity contribution in [2.75, 3.05) is 6.61 Å². The minimum absolute atomic E-state index is 0.0194. The minimum Gasteiger partial charge on any atom is -0.480 e. The Hall–Kier alpha value is -1.88. The van der Waals surface area contributed by atoms with Crippen molar-refractivity contribution >= 4 is 11.9 Å². The molecule has 19 heavy (non-hydrogen) atoms. The van der Waals surface area contributed by atoms with Crippen molar-refractivity contribution in [2.24, 2.45) is 0 Å². The summed E-state index contributed by atoms with van der Waals surface area (Å²) in [4.78, 5) is 22.4. The number of aliphatic hydroxyl groups excluding tert-OH is 1. The number of hydrogen-bond acceptors (Lipinski definition) is 3. The van der Waals surface area contributed by atoms with Gasteiger partial charge in [-0.05, 0) is 18.9 Å². The number of benzene rings is 1. The molecule has 104 valence electrons. The highest BCUT2D eigenvalue weighted by Crippen LogP contribution is 2.06. The van der Waals surface area contributed by atoms with Crippen LogP contribution in [0.5, 0.6) is 0 Å². The molecule has 5 heteroatoms. The third kappa shape index (κ3) is 5.52. The van der Waals surface area contributed by atoms with Crippen molar-refractivity contribution in [3.8, 4) is 0 Å². The van der Waals surface area contributed by atoms with E-state index in [-0.39, 0.29) is 25.4 Å². The first-order valence-electron chi connectivity index (χ1n) is 6.21. The summed E-state index contributed by atoms with van der Waals surface area (Å²) in [6.45, 7) is 1.72. The number of carboxylic acid groups (broad SMARTS) is 1. The van der Waals surface area contributed by atoms with Gasteiger partial charge in [-0.25, -0.2) is 4.79 Å². The lowest BCUT2D eigenvalue weighted by molar-refractivity contribution is -0.142. The minimum atomic E-state index is -1.13. The Balaban J connectivity index is 2.42. The number of carbonyl (C=O) groups is 2. The molecular formula is C14H19NO4. The number of hydrogen-bond donors (Lipinski definition) is 3. The van der Waals surface area contributed by atoms with Crippen molar-refractivity contribution in [3.63, 3.8) is 0 Å². The topological polar surface area (TPSA) is 86.6 Å². The molecule has 0 aromatic heterocycles. The molecule has 0 aliphatic heterocycles. The highest BCUT2D eigenvalue weighted by Gasteiger charge is 2.18. The molecule has 0 saturated heterocycles. The number of rotatable bonds is 7. The van der Waals surface area contributed by atoms with Crippen molar-refractivity contribution < 1.29 is 19.8 Å². The van der Waals surface area contributed by atoms with Gasteiger partial charge in [0.25, 0.3) is 0 Å². The predicted octanol–water partition coefficient (Wildman–Crippen LogP) is 0.879. The molecule has 1 atom stereocenters. The average Bonchev–Trinajstić information content (AvgIpc) is 2.37. The summed E-state index contributed by atoms with van der Waals surface area (Å²) < 4.78 is 0. The lowest BCUT2D eigenvalue weighted by Crippen LogP contribution is -2.41. The fourth-order valence-electron chi connectivity index (χ4n) is 1.67. The normalized spacial score (nSPS) is 11.9. The first-order valence-corrected chi connectivity index (χ1v) is 6.21. The smallest absolute Gasteiger partial charge is 0.326 e. The van der Waals surface area contributed by atoms with E-state index in [0.29, 0.717) is 6.42 Å². The van der Waals surface area contributed by atoms with Crippen molar-refractivity contribution in [2.45, 2.75) is 32.2 Å². The molecule has 1 rings (SSSR count). The average molecular weight is 265 g/mol. The number of carboxylic acids is 1. The fourth-order valence-corrected chi connectivity index (χ4v) is 1.67. The summed E-state index contributed by atoms with van der Waals surface area (Å²) in [5.41, 5.74) is 2.19. The summed E-state index contributed by atoms with van der Waals surface area (Å²) >= 11 is 0. The van der Waals surface area contributed by atoms with E-state index in [4.69, 9.17) is 10.2 Å². The van der Waals surface area contributed by atoms with Crippen LogP contribution in [-0.4, -0.2) is 34.7 Å². The van der Waals surface area contributed by atoms with Crippen LogP contribution in [0.25, 0.3) is 0 Å². The van der Waals surface area contributed by atoms with Crippen LogP contribution in [0.4, 0.5) is 0 Å². The van der Waals surface area contributed by atoms with Crippen LogP contribution in [0.15, 0.2) is 24.3 Å². The second-order valence-corrected chi connectivity index (χ2v) is 4.46. The molecule has 0 fully saturated rings. The van der Waals surface area contributed by atoms with E-state index in [1.807, 2.05) is 31.2 Å².